The summed E-state index contributed by atoms with van der Waals surface area (Å²) in [5.41, 5.74) is 0.309. The predicted octanol–water partition coefficient (Wildman–Crippen LogP) is 3.47. The van der Waals surface area contributed by atoms with Crippen molar-refractivity contribution in [2.24, 2.45) is 0 Å². The van der Waals surface area contributed by atoms with Crippen LogP contribution in [0, 0.1) is 12.3 Å². The van der Waals surface area contributed by atoms with Crippen molar-refractivity contribution in [3.05, 3.63) is 69.1 Å². The fraction of sp³-hybridized carbons (Fsp3) is 0.300. The summed E-state index contributed by atoms with van der Waals surface area (Å²) in [4.78, 5) is 24.7. The molecule has 2 aromatic rings. The van der Waals surface area contributed by atoms with E-state index in [4.69, 9.17) is 18.0 Å². The highest BCUT2D eigenvalue weighted by molar-refractivity contribution is 6.31. The Kier molecular flexibility index (Phi) is 6.06. The number of pyridine rings is 1. The van der Waals surface area contributed by atoms with Gasteiger partial charge in [0, 0.05) is 17.3 Å². The molecule has 130 valence electrons. The van der Waals surface area contributed by atoms with Crippen LogP contribution in [0.2, 0.25) is 5.02 Å². The molecule has 0 radical (unpaired) electrons. The quantitative estimate of drug-likeness (QED) is 0.806. The molecule has 1 N–H and O–H groups in total. The maximum absolute atomic E-state index is 12.6. The van der Waals surface area contributed by atoms with E-state index in [0.29, 0.717) is 30.0 Å². The first-order chi connectivity index (χ1) is 11.9. The average Bonchev–Trinajstić information content (AvgIpc) is 2.63. The normalized spacial score (nSPS) is 11.0. The number of terminal acetylenes is 1. The summed E-state index contributed by atoms with van der Waals surface area (Å²) >= 11 is 6.16. The molecule has 1 amide bonds. The molecular formula is C20H21ClN2O2. The van der Waals surface area contributed by atoms with Gasteiger partial charge in [-0.1, -0.05) is 49.6 Å². The average molecular weight is 357 g/mol. The third kappa shape index (κ3) is 4.32. The zero-order valence-corrected chi connectivity index (χ0v) is 15.1. The molecule has 1 aromatic carbocycles. The summed E-state index contributed by atoms with van der Waals surface area (Å²) in [5.74, 6) is 2.37. The number of nitrogens with one attached hydrogen (secondary N) is 1. The lowest BCUT2D eigenvalue weighted by Gasteiger charge is -2.27. The van der Waals surface area contributed by atoms with E-state index >= 15 is 0 Å². The summed E-state index contributed by atoms with van der Waals surface area (Å²) in [7, 11) is 0. The van der Waals surface area contributed by atoms with E-state index in [1.54, 1.807) is 6.07 Å². The van der Waals surface area contributed by atoms with Gasteiger partial charge in [-0.25, -0.2) is 0 Å². The van der Waals surface area contributed by atoms with Crippen molar-refractivity contribution in [1.29, 1.82) is 0 Å². The van der Waals surface area contributed by atoms with Crippen LogP contribution in [0.5, 0.6) is 0 Å². The topological polar surface area (TPSA) is 51.1 Å². The van der Waals surface area contributed by atoms with E-state index in [2.05, 4.69) is 11.2 Å². The molecule has 0 bridgehead atoms. The first-order valence-corrected chi connectivity index (χ1v) is 8.56. The number of aromatic nitrogens is 1. The maximum Gasteiger partial charge on any atom is 0.253 e. The number of halogens is 1. The summed E-state index contributed by atoms with van der Waals surface area (Å²) in [6, 6.07) is 10.2. The largest absolute Gasteiger partial charge is 0.336 e. The Morgan fingerprint density at radius 2 is 1.92 bits per heavy atom. The highest BCUT2D eigenvalue weighted by Gasteiger charge is 2.26. The molecule has 1 heterocycles. The minimum Gasteiger partial charge on any atom is -0.336 e. The second-order valence-corrected chi connectivity index (χ2v) is 6.27. The first kappa shape index (κ1) is 18.8. The fourth-order valence-electron chi connectivity index (χ4n) is 2.56. The van der Waals surface area contributed by atoms with Crippen molar-refractivity contribution in [2.75, 3.05) is 0 Å². The number of amides is 1. The Bertz CT molecular complexity index is 860. The van der Waals surface area contributed by atoms with Crippen LogP contribution in [0.15, 0.2) is 47.4 Å². The Morgan fingerprint density at radius 3 is 2.52 bits per heavy atom. The van der Waals surface area contributed by atoms with Crippen LogP contribution in [0.3, 0.4) is 0 Å². The molecular weight excluding hydrogens is 336 g/mol. The van der Waals surface area contributed by atoms with Crippen molar-refractivity contribution in [3.8, 4) is 12.3 Å². The van der Waals surface area contributed by atoms with E-state index in [0.717, 1.165) is 5.56 Å². The molecule has 0 saturated heterocycles. The minimum absolute atomic E-state index is 0.203. The van der Waals surface area contributed by atoms with Gasteiger partial charge in [-0.15, -0.1) is 6.42 Å². The van der Waals surface area contributed by atoms with E-state index in [1.165, 1.54) is 22.9 Å². The number of carbonyl (C=O) groups excluding carboxylic acids is 1. The molecule has 4 nitrogen and oxygen atoms in total. The van der Waals surface area contributed by atoms with Crippen molar-refractivity contribution in [1.82, 2.24) is 9.88 Å². The molecule has 0 aliphatic rings. The summed E-state index contributed by atoms with van der Waals surface area (Å²) < 4.78 is 1.46. The van der Waals surface area contributed by atoms with Crippen LogP contribution in [-0.2, 0) is 6.54 Å². The zero-order valence-electron chi connectivity index (χ0n) is 14.4. The highest BCUT2D eigenvalue weighted by Crippen LogP contribution is 2.17. The molecule has 25 heavy (non-hydrogen) atoms. The van der Waals surface area contributed by atoms with Crippen LogP contribution >= 0.6 is 11.6 Å². The predicted molar refractivity (Wildman–Crippen MR) is 101 cm³/mol. The van der Waals surface area contributed by atoms with Crippen LogP contribution in [0.1, 0.15) is 42.6 Å². The molecule has 1 aromatic heterocycles. The third-order valence-electron chi connectivity index (χ3n) is 4.38. The molecule has 0 aliphatic heterocycles. The third-order valence-corrected chi connectivity index (χ3v) is 4.75. The number of hydrogen-bond acceptors (Lipinski definition) is 2. The van der Waals surface area contributed by atoms with E-state index in [1.807, 2.05) is 32.0 Å². The Morgan fingerprint density at radius 1 is 1.24 bits per heavy atom. The first-order valence-electron chi connectivity index (χ1n) is 8.19. The molecule has 0 spiro atoms. The standard InChI is InChI=1S/C20H21ClN2O2/c1-4-20(5-2,6-3)22-19(25)16-11-12-18(24)23(14-16)13-15-9-7-8-10-17(15)21/h1,7-12,14H,5-6,13H2,2-3H3,(H,22,25). The SMILES string of the molecule is C#CC(CC)(CC)NC(=O)c1ccc(=O)n(Cc2ccccc2Cl)c1. The molecule has 0 aliphatic carbocycles. The smallest absolute Gasteiger partial charge is 0.253 e. The Labute approximate surface area is 152 Å². The molecule has 5 heteroatoms. The number of benzene rings is 1. The van der Waals surface area contributed by atoms with Gasteiger partial charge in [0.05, 0.1) is 12.1 Å². The fourth-order valence-corrected chi connectivity index (χ4v) is 2.75. The molecule has 0 unspecified atom stereocenters. The van der Waals surface area contributed by atoms with Gasteiger partial charge in [-0.05, 0) is 30.5 Å². The van der Waals surface area contributed by atoms with E-state index < -0.39 is 5.54 Å². The molecule has 0 saturated carbocycles. The van der Waals surface area contributed by atoms with E-state index in [-0.39, 0.29) is 11.5 Å². The summed E-state index contributed by atoms with van der Waals surface area (Å²) in [5, 5.41) is 3.48. The monoisotopic (exact) mass is 356 g/mol. The number of hydrogen-bond donors (Lipinski definition) is 1. The zero-order chi connectivity index (χ0) is 18.4. The summed E-state index contributed by atoms with van der Waals surface area (Å²) in [6.45, 7) is 4.16. The van der Waals surface area contributed by atoms with Crippen LogP contribution in [-0.4, -0.2) is 16.0 Å². The Balaban J connectivity index is 2.30. The van der Waals surface area contributed by atoms with Crippen molar-refractivity contribution < 1.29 is 4.79 Å². The second kappa shape index (κ2) is 8.04. The van der Waals surface area contributed by atoms with Gasteiger partial charge in [0.1, 0.15) is 5.54 Å². The van der Waals surface area contributed by atoms with Gasteiger partial charge >= 0.3 is 0 Å². The summed E-state index contributed by atoms with van der Waals surface area (Å²) in [6.07, 6.45) is 8.39. The van der Waals surface area contributed by atoms with Gasteiger partial charge in [0.25, 0.3) is 11.5 Å². The van der Waals surface area contributed by atoms with Gasteiger partial charge in [-0.2, -0.15) is 0 Å². The number of rotatable bonds is 6. The second-order valence-electron chi connectivity index (χ2n) is 5.86. The molecule has 0 fully saturated rings. The van der Waals surface area contributed by atoms with Gasteiger partial charge in [-0.3, -0.25) is 9.59 Å². The van der Waals surface area contributed by atoms with Crippen molar-refractivity contribution in [3.63, 3.8) is 0 Å². The van der Waals surface area contributed by atoms with Crippen molar-refractivity contribution in [2.45, 2.75) is 38.8 Å². The Hall–Kier alpha value is -2.51. The lowest BCUT2D eigenvalue weighted by Crippen LogP contribution is -2.46. The van der Waals surface area contributed by atoms with Crippen LogP contribution in [0.25, 0.3) is 0 Å². The van der Waals surface area contributed by atoms with E-state index in [9.17, 15) is 9.59 Å². The van der Waals surface area contributed by atoms with Gasteiger partial charge in [0.15, 0.2) is 0 Å². The lowest BCUT2D eigenvalue weighted by molar-refractivity contribution is 0.0915. The van der Waals surface area contributed by atoms with Gasteiger partial charge in [0.2, 0.25) is 0 Å². The van der Waals surface area contributed by atoms with Crippen molar-refractivity contribution >= 4 is 17.5 Å². The van der Waals surface area contributed by atoms with Gasteiger partial charge < -0.3 is 9.88 Å². The minimum atomic E-state index is -0.680. The molecule has 2 rings (SSSR count). The van der Waals surface area contributed by atoms with Crippen LogP contribution in [0.4, 0.5) is 0 Å². The van der Waals surface area contributed by atoms with Crippen LogP contribution < -0.4 is 10.9 Å². The highest BCUT2D eigenvalue weighted by atomic mass is 35.5. The number of carbonyl (C=O) groups is 1. The number of nitrogens with zero attached hydrogens (tertiary/aromatic N) is 1. The maximum atomic E-state index is 12.6. The molecule has 0 atom stereocenters. The lowest BCUT2D eigenvalue weighted by atomic mass is 9.93.